The SMILES string of the molecule is Cc1ccc(C2CN(C)Cc3ccccc32)cc1. The first-order chi connectivity index (χ1) is 8.74. The molecule has 0 radical (unpaired) electrons. The number of benzene rings is 2. The van der Waals surface area contributed by atoms with E-state index in [9.17, 15) is 0 Å². The molecule has 0 N–H and O–H groups in total. The van der Waals surface area contributed by atoms with Crippen LogP contribution in [0, 0.1) is 6.92 Å². The van der Waals surface area contributed by atoms with Crippen molar-refractivity contribution in [3.05, 3.63) is 70.8 Å². The Hall–Kier alpha value is -1.60. The summed E-state index contributed by atoms with van der Waals surface area (Å²) in [6.45, 7) is 4.32. The highest BCUT2D eigenvalue weighted by atomic mass is 15.1. The van der Waals surface area contributed by atoms with E-state index in [1.807, 2.05) is 0 Å². The molecule has 1 atom stereocenters. The van der Waals surface area contributed by atoms with E-state index in [0.717, 1.165) is 13.1 Å². The van der Waals surface area contributed by atoms with Crippen LogP contribution in [0.2, 0.25) is 0 Å². The minimum atomic E-state index is 0.514. The number of fused-ring (bicyclic) bond motifs is 1. The maximum atomic E-state index is 2.41. The van der Waals surface area contributed by atoms with Crippen molar-refractivity contribution in [2.24, 2.45) is 0 Å². The van der Waals surface area contributed by atoms with Gasteiger partial charge in [0.2, 0.25) is 0 Å². The molecule has 92 valence electrons. The van der Waals surface area contributed by atoms with E-state index in [2.05, 4.69) is 67.4 Å². The van der Waals surface area contributed by atoms with Gasteiger partial charge in [-0.05, 0) is 30.7 Å². The summed E-state index contributed by atoms with van der Waals surface area (Å²) in [5.74, 6) is 0.514. The molecule has 0 aliphatic carbocycles. The third kappa shape index (κ3) is 2.06. The van der Waals surface area contributed by atoms with Crippen LogP contribution < -0.4 is 0 Å². The first-order valence-corrected chi connectivity index (χ1v) is 6.57. The van der Waals surface area contributed by atoms with Gasteiger partial charge in [0.1, 0.15) is 0 Å². The molecule has 18 heavy (non-hydrogen) atoms. The van der Waals surface area contributed by atoms with Crippen molar-refractivity contribution < 1.29 is 0 Å². The Labute approximate surface area is 109 Å². The lowest BCUT2D eigenvalue weighted by molar-refractivity contribution is 0.295. The topological polar surface area (TPSA) is 3.24 Å². The highest BCUT2D eigenvalue weighted by molar-refractivity contribution is 5.40. The molecule has 2 aromatic rings. The van der Waals surface area contributed by atoms with Gasteiger partial charge < -0.3 is 4.90 Å². The lowest BCUT2D eigenvalue weighted by Crippen LogP contribution is -2.30. The smallest absolute Gasteiger partial charge is 0.0234 e. The van der Waals surface area contributed by atoms with E-state index in [4.69, 9.17) is 0 Å². The van der Waals surface area contributed by atoms with Gasteiger partial charge >= 0.3 is 0 Å². The fraction of sp³-hybridized carbons (Fsp3) is 0.294. The van der Waals surface area contributed by atoms with Gasteiger partial charge in [0.15, 0.2) is 0 Å². The molecule has 1 nitrogen and oxygen atoms in total. The van der Waals surface area contributed by atoms with Crippen molar-refractivity contribution in [2.45, 2.75) is 19.4 Å². The summed E-state index contributed by atoms with van der Waals surface area (Å²) in [5, 5.41) is 0. The Morgan fingerprint density at radius 1 is 1.00 bits per heavy atom. The quantitative estimate of drug-likeness (QED) is 0.733. The Morgan fingerprint density at radius 2 is 1.72 bits per heavy atom. The van der Waals surface area contributed by atoms with Crippen molar-refractivity contribution in [3.63, 3.8) is 0 Å². The maximum Gasteiger partial charge on any atom is 0.0234 e. The first kappa shape index (κ1) is 11.5. The van der Waals surface area contributed by atoms with E-state index in [-0.39, 0.29) is 0 Å². The fourth-order valence-electron chi connectivity index (χ4n) is 2.87. The molecule has 1 aliphatic rings. The standard InChI is InChI=1S/C17H19N/c1-13-7-9-14(10-8-13)17-12-18(2)11-15-5-3-4-6-16(15)17/h3-10,17H,11-12H2,1-2H3. The largest absolute Gasteiger partial charge is 0.301 e. The van der Waals surface area contributed by atoms with Crippen LogP contribution in [-0.2, 0) is 6.54 Å². The van der Waals surface area contributed by atoms with Gasteiger partial charge in [0.05, 0.1) is 0 Å². The molecule has 1 heterocycles. The van der Waals surface area contributed by atoms with Gasteiger partial charge in [0, 0.05) is 19.0 Å². The van der Waals surface area contributed by atoms with Crippen LogP contribution in [0.25, 0.3) is 0 Å². The van der Waals surface area contributed by atoms with E-state index in [1.165, 1.54) is 22.3 Å². The van der Waals surface area contributed by atoms with Crippen LogP contribution in [0.1, 0.15) is 28.2 Å². The molecule has 2 aromatic carbocycles. The molecule has 0 saturated heterocycles. The zero-order valence-corrected chi connectivity index (χ0v) is 11.1. The molecule has 1 aliphatic heterocycles. The second-order valence-corrected chi connectivity index (χ2v) is 5.36. The lowest BCUT2D eigenvalue weighted by atomic mass is 9.85. The van der Waals surface area contributed by atoms with Gasteiger partial charge in [-0.25, -0.2) is 0 Å². The average Bonchev–Trinajstić information content (AvgIpc) is 2.38. The van der Waals surface area contributed by atoms with Crippen LogP contribution in [0.3, 0.4) is 0 Å². The van der Waals surface area contributed by atoms with E-state index >= 15 is 0 Å². The molecular weight excluding hydrogens is 218 g/mol. The van der Waals surface area contributed by atoms with E-state index in [0.29, 0.717) is 5.92 Å². The number of aryl methyl sites for hydroxylation is 1. The van der Waals surface area contributed by atoms with Crippen molar-refractivity contribution in [1.29, 1.82) is 0 Å². The van der Waals surface area contributed by atoms with Crippen LogP contribution >= 0.6 is 0 Å². The molecule has 0 aromatic heterocycles. The Balaban J connectivity index is 2.04. The molecule has 1 unspecified atom stereocenters. The molecule has 1 heteroatoms. The molecule has 3 rings (SSSR count). The summed E-state index contributed by atoms with van der Waals surface area (Å²) in [4.78, 5) is 2.41. The Morgan fingerprint density at radius 3 is 2.50 bits per heavy atom. The number of hydrogen-bond donors (Lipinski definition) is 0. The summed E-state index contributed by atoms with van der Waals surface area (Å²) >= 11 is 0. The summed E-state index contributed by atoms with van der Waals surface area (Å²) < 4.78 is 0. The monoisotopic (exact) mass is 237 g/mol. The van der Waals surface area contributed by atoms with Crippen LogP contribution in [0.5, 0.6) is 0 Å². The van der Waals surface area contributed by atoms with Gasteiger partial charge in [-0.2, -0.15) is 0 Å². The number of nitrogens with zero attached hydrogens (tertiary/aromatic N) is 1. The Bertz CT molecular complexity index is 542. The summed E-state index contributed by atoms with van der Waals surface area (Å²) in [7, 11) is 2.21. The fourth-order valence-corrected chi connectivity index (χ4v) is 2.87. The number of likely N-dealkylation sites (N-methyl/N-ethyl adjacent to an activating group) is 1. The minimum absolute atomic E-state index is 0.514. The van der Waals surface area contributed by atoms with Gasteiger partial charge in [-0.15, -0.1) is 0 Å². The van der Waals surface area contributed by atoms with E-state index in [1.54, 1.807) is 0 Å². The van der Waals surface area contributed by atoms with Crippen molar-refractivity contribution in [1.82, 2.24) is 4.90 Å². The third-order valence-electron chi connectivity index (χ3n) is 3.84. The van der Waals surface area contributed by atoms with Crippen molar-refractivity contribution in [3.8, 4) is 0 Å². The summed E-state index contributed by atoms with van der Waals surface area (Å²) in [5.41, 5.74) is 5.73. The zero-order valence-electron chi connectivity index (χ0n) is 11.1. The van der Waals surface area contributed by atoms with Gasteiger partial charge in [-0.1, -0.05) is 54.1 Å². The normalized spacial score (nSPS) is 19.6. The number of hydrogen-bond acceptors (Lipinski definition) is 1. The molecule has 0 amide bonds. The van der Waals surface area contributed by atoms with Gasteiger partial charge in [-0.3, -0.25) is 0 Å². The second-order valence-electron chi connectivity index (χ2n) is 5.36. The first-order valence-electron chi connectivity index (χ1n) is 6.57. The van der Waals surface area contributed by atoms with Crippen LogP contribution in [0.4, 0.5) is 0 Å². The van der Waals surface area contributed by atoms with Gasteiger partial charge in [0.25, 0.3) is 0 Å². The molecule has 0 spiro atoms. The summed E-state index contributed by atoms with van der Waals surface area (Å²) in [6.07, 6.45) is 0. The third-order valence-corrected chi connectivity index (χ3v) is 3.84. The predicted molar refractivity (Wildman–Crippen MR) is 75.8 cm³/mol. The van der Waals surface area contributed by atoms with Crippen LogP contribution in [-0.4, -0.2) is 18.5 Å². The van der Waals surface area contributed by atoms with Crippen LogP contribution in [0.15, 0.2) is 48.5 Å². The highest BCUT2D eigenvalue weighted by Gasteiger charge is 2.23. The number of rotatable bonds is 1. The molecule has 0 fully saturated rings. The molecule has 0 saturated carbocycles. The summed E-state index contributed by atoms with van der Waals surface area (Å²) in [6, 6.07) is 17.8. The lowest BCUT2D eigenvalue weighted by Gasteiger charge is -2.32. The average molecular weight is 237 g/mol. The van der Waals surface area contributed by atoms with Crippen molar-refractivity contribution in [2.75, 3.05) is 13.6 Å². The maximum absolute atomic E-state index is 2.41. The molecule has 0 bridgehead atoms. The van der Waals surface area contributed by atoms with Crippen molar-refractivity contribution >= 4 is 0 Å². The minimum Gasteiger partial charge on any atom is -0.301 e. The van der Waals surface area contributed by atoms with E-state index < -0.39 is 0 Å². The predicted octanol–water partition coefficient (Wildman–Crippen LogP) is 3.57. The highest BCUT2D eigenvalue weighted by Crippen LogP contribution is 2.32. The Kier molecular flexibility index (Phi) is 2.92. The zero-order chi connectivity index (χ0) is 12.5. The second kappa shape index (κ2) is 4.58. The molecular formula is C17H19N.